The second kappa shape index (κ2) is 4.57. The van der Waals surface area contributed by atoms with Crippen molar-refractivity contribution in [3.8, 4) is 0 Å². The summed E-state index contributed by atoms with van der Waals surface area (Å²) in [5, 5.41) is 0. The molecule has 0 fully saturated rings. The van der Waals surface area contributed by atoms with Gasteiger partial charge in [-0.25, -0.2) is 0 Å². The van der Waals surface area contributed by atoms with E-state index in [9.17, 15) is 0 Å². The standard InChI is InChI=1S/C15H25N/c1-8-12-9-15(6,7)16-14(11(4)5)13(12)10(2)3/h9,11H,8H2,1-7H3. The van der Waals surface area contributed by atoms with Crippen LogP contribution in [0.3, 0.4) is 0 Å². The van der Waals surface area contributed by atoms with Gasteiger partial charge in [-0.05, 0) is 51.2 Å². The molecule has 0 radical (unpaired) electrons. The van der Waals surface area contributed by atoms with Crippen molar-refractivity contribution in [1.29, 1.82) is 0 Å². The molecule has 0 N–H and O–H groups in total. The van der Waals surface area contributed by atoms with Crippen molar-refractivity contribution in [2.24, 2.45) is 10.9 Å². The van der Waals surface area contributed by atoms with E-state index in [1.165, 1.54) is 22.4 Å². The Morgan fingerprint density at radius 1 is 1.31 bits per heavy atom. The minimum absolute atomic E-state index is 0.0378. The third-order valence-electron chi connectivity index (χ3n) is 2.94. The fourth-order valence-electron chi connectivity index (χ4n) is 2.34. The molecule has 0 saturated heterocycles. The van der Waals surface area contributed by atoms with E-state index in [1.54, 1.807) is 0 Å². The molecule has 0 amide bonds. The minimum Gasteiger partial charge on any atom is -0.279 e. The molecule has 0 atom stereocenters. The number of dihydropyridines is 1. The molecule has 1 nitrogen and oxygen atoms in total. The quantitative estimate of drug-likeness (QED) is 0.646. The molecule has 0 spiro atoms. The van der Waals surface area contributed by atoms with Crippen molar-refractivity contribution in [2.45, 2.75) is 60.4 Å². The lowest BCUT2D eigenvalue weighted by molar-refractivity contribution is 0.632. The number of rotatable bonds is 2. The number of allylic oxidation sites excluding steroid dienone is 3. The molecule has 1 rings (SSSR count). The van der Waals surface area contributed by atoms with Gasteiger partial charge in [-0.1, -0.05) is 32.4 Å². The highest BCUT2D eigenvalue weighted by Crippen LogP contribution is 2.32. The Bertz CT molecular complexity index is 361. The molecule has 0 aliphatic carbocycles. The number of hydrogen-bond acceptors (Lipinski definition) is 1. The van der Waals surface area contributed by atoms with Crippen molar-refractivity contribution in [3.63, 3.8) is 0 Å². The first-order valence-corrected chi connectivity index (χ1v) is 6.28. The van der Waals surface area contributed by atoms with Crippen LogP contribution in [0.4, 0.5) is 0 Å². The van der Waals surface area contributed by atoms with Crippen molar-refractivity contribution in [2.75, 3.05) is 0 Å². The summed E-state index contributed by atoms with van der Waals surface area (Å²) >= 11 is 0. The molecule has 0 aromatic heterocycles. The van der Waals surface area contributed by atoms with Gasteiger partial charge in [-0.3, -0.25) is 4.99 Å². The van der Waals surface area contributed by atoms with E-state index >= 15 is 0 Å². The summed E-state index contributed by atoms with van der Waals surface area (Å²) in [5.41, 5.74) is 5.49. The summed E-state index contributed by atoms with van der Waals surface area (Å²) in [6.07, 6.45) is 3.41. The van der Waals surface area contributed by atoms with Gasteiger partial charge < -0.3 is 0 Å². The number of hydrogen-bond donors (Lipinski definition) is 0. The van der Waals surface area contributed by atoms with E-state index in [-0.39, 0.29) is 5.54 Å². The summed E-state index contributed by atoms with van der Waals surface area (Å²) < 4.78 is 0. The van der Waals surface area contributed by atoms with E-state index in [2.05, 4.69) is 54.5 Å². The number of nitrogens with zero attached hydrogens (tertiary/aromatic N) is 1. The van der Waals surface area contributed by atoms with E-state index < -0.39 is 0 Å². The van der Waals surface area contributed by atoms with Gasteiger partial charge in [0.1, 0.15) is 0 Å². The lowest BCUT2D eigenvalue weighted by Crippen LogP contribution is -2.27. The summed E-state index contributed by atoms with van der Waals surface area (Å²) in [6.45, 7) is 15.4. The van der Waals surface area contributed by atoms with Crippen LogP contribution in [0.2, 0.25) is 0 Å². The Morgan fingerprint density at radius 3 is 2.25 bits per heavy atom. The van der Waals surface area contributed by atoms with Gasteiger partial charge in [-0.15, -0.1) is 0 Å². The van der Waals surface area contributed by atoms with Crippen LogP contribution in [0.25, 0.3) is 0 Å². The normalized spacial score (nSPS) is 19.6. The van der Waals surface area contributed by atoms with Gasteiger partial charge in [0.15, 0.2) is 0 Å². The average Bonchev–Trinajstić information content (AvgIpc) is 2.14. The summed E-state index contributed by atoms with van der Waals surface area (Å²) in [5.74, 6) is 0.499. The Balaban J connectivity index is 3.36. The third-order valence-corrected chi connectivity index (χ3v) is 2.94. The molecule has 0 saturated carbocycles. The maximum Gasteiger partial charge on any atom is 0.0741 e. The van der Waals surface area contributed by atoms with E-state index in [1.807, 2.05) is 0 Å². The maximum absolute atomic E-state index is 4.90. The largest absolute Gasteiger partial charge is 0.279 e. The topological polar surface area (TPSA) is 12.4 Å². The molecule has 1 heteroatoms. The van der Waals surface area contributed by atoms with E-state index in [4.69, 9.17) is 4.99 Å². The zero-order valence-corrected chi connectivity index (χ0v) is 11.8. The first-order valence-electron chi connectivity index (χ1n) is 6.28. The Kier molecular flexibility index (Phi) is 3.77. The Morgan fingerprint density at radius 2 is 1.88 bits per heavy atom. The Labute approximate surface area is 100 Å². The van der Waals surface area contributed by atoms with Crippen molar-refractivity contribution >= 4 is 5.71 Å². The lowest BCUT2D eigenvalue weighted by Gasteiger charge is -2.30. The molecule has 1 aliphatic rings. The molecule has 90 valence electrons. The monoisotopic (exact) mass is 219 g/mol. The first-order chi connectivity index (χ1) is 7.28. The zero-order valence-electron chi connectivity index (χ0n) is 11.8. The van der Waals surface area contributed by atoms with Gasteiger partial charge in [0, 0.05) is 5.71 Å². The highest BCUT2D eigenvalue weighted by atomic mass is 14.9. The fraction of sp³-hybridized carbons (Fsp3) is 0.667. The summed E-state index contributed by atoms with van der Waals surface area (Å²) in [7, 11) is 0. The van der Waals surface area contributed by atoms with Crippen LogP contribution in [0.1, 0.15) is 54.9 Å². The Hall–Kier alpha value is -0.850. The van der Waals surface area contributed by atoms with E-state index in [0.717, 1.165) is 6.42 Å². The van der Waals surface area contributed by atoms with Gasteiger partial charge >= 0.3 is 0 Å². The second-order valence-electron chi connectivity index (χ2n) is 5.70. The van der Waals surface area contributed by atoms with Crippen molar-refractivity contribution < 1.29 is 0 Å². The molecule has 1 aliphatic heterocycles. The van der Waals surface area contributed by atoms with Gasteiger partial charge in [0.05, 0.1) is 5.54 Å². The van der Waals surface area contributed by atoms with Crippen LogP contribution >= 0.6 is 0 Å². The van der Waals surface area contributed by atoms with Crippen LogP contribution in [0, 0.1) is 5.92 Å². The molecule has 0 unspecified atom stereocenters. The van der Waals surface area contributed by atoms with Crippen LogP contribution in [0.15, 0.2) is 27.8 Å². The highest BCUT2D eigenvalue weighted by Gasteiger charge is 2.26. The second-order valence-corrected chi connectivity index (χ2v) is 5.70. The predicted molar refractivity (Wildman–Crippen MR) is 73.1 cm³/mol. The van der Waals surface area contributed by atoms with Gasteiger partial charge in [0.25, 0.3) is 0 Å². The lowest BCUT2D eigenvalue weighted by atomic mass is 9.83. The SMILES string of the molecule is CCC1=CC(C)(C)N=C(C(C)C)C1=C(C)C. The molecule has 16 heavy (non-hydrogen) atoms. The zero-order chi connectivity index (χ0) is 12.5. The van der Waals surface area contributed by atoms with Crippen molar-refractivity contribution in [3.05, 3.63) is 22.8 Å². The average molecular weight is 219 g/mol. The first kappa shape index (κ1) is 13.2. The summed E-state index contributed by atoms with van der Waals surface area (Å²) in [6, 6.07) is 0. The highest BCUT2D eigenvalue weighted by molar-refractivity contribution is 6.06. The maximum atomic E-state index is 4.90. The van der Waals surface area contributed by atoms with Crippen LogP contribution < -0.4 is 0 Å². The third kappa shape index (κ3) is 2.63. The number of aliphatic imine (C=N–C) groups is 1. The molecular formula is C15H25N. The molecular weight excluding hydrogens is 194 g/mol. The summed E-state index contributed by atoms with van der Waals surface area (Å²) in [4.78, 5) is 4.90. The predicted octanol–water partition coefficient (Wildman–Crippen LogP) is 4.55. The fourth-order valence-corrected chi connectivity index (χ4v) is 2.34. The van der Waals surface area contributed by atoms with Crippen molar-refractivity contribution in [1.82, 2.24) is 0 Å². The van der Waals surface area contributed by atoms with Gasteiger partial charge in [-0.2, -0.15) is 0 Å². The van der Waals surface area contributed by atoms with Crippen LogP contribution in [-0.2, 0) is 0 Å². The minimum atomic E-state index is -0.0378. The van der Waals surface area contributed by atoms with Crippen LogP contribution in [0.5, 0.6) is 0 Å². The van der Waals surface area contributed by atoms with Crippen LogP contribution in [-0.4, -0.2) is 11.3 Å². The molecule has 0 bridgehead atoms. The molecule has 1 heterocycles. The van der Waals surface area contributed by atoms with Gasteiger partial charge in [0.2, 0.25) is 0 Å². The van der Waals surface area contributed by atoms with E-state index in [0.29, 0.717) is 5.92 Å². The smallest absolute Gasteiger partial charge is 0.0741 e. The molecule has 0 aromatic rings. The molecule has 0 aromatic carbocycles.